The number of rotatable bonds is 6. The predicted octanol–water partition coefficient (Wildman–Crippen LogP) is 6.17. The van der Waals surface area contributed by atoms with Crippen LogP contribution in [0.3, 0.4) is 0 Å². The lowest BCUT2D eigenvalue weighted by atomic mass is 9.96. The number of hydrogen-bond acceptors (Lipinski definition) is 3. The third kappa shape index (κ3) is 5.40. The smallest absolute Gasteiger partial charge is 0.263 e. The molecule has 1 amide bonds. The van der Waals surface area contributed by atoms with Crippen LogP contribution in [0.25, 0.3) is 0 Å². The van der Waals surface area contributed by atoms with E-state index in [1.54, 1.807) is 12.1 Å². The summed E-state index contributed by atoms with van der Waals surface area (Å²) in [5, 5.41) is 3.01. The fourth-order valence-electron chi connectivity index (χ4n) is 3.72. The normalized spacial score (nSPS) is 12.3. The van der Waals surface area contributed by atoms with Gasteiger partial charge in [0.2, 0.25) is 0 Å². The molecule has 0 aliphatic carbocycles. The summed E-state index contributed by atoms with van der Waals surface area (Å²) in [5.74, 6) is -0.375. The Bertz CT molecular complexity index is 1330. The van der Waals surface area contributed by atoms with Crippen molar-refractivity contribution < 1.29 is 13.2 Å². The maximum absolute atomic E-state index is 13.1. The number of hydrogen-bond donors (Lipinski definition) is 2. The fraction of sp³-hybridized carbons (Fsp3) is 0.269. The van der Waals surface area contributed by atoms with E-state index >= 15 is 0 Å². The molecule has 0 bridgehead atoms. The molecule has 1 atom stereocenters. The second-order valence-corrected chi connectivity index (χ2v) is 10.5. The van der Waals surface area contributed by atoms with Gasteiger partial charge in [-0.1, -0.05) is 35.9 Å². The Kier molecular flexibility index (Phi) is 7.20. The van der Waals surface area contributed by atoms with Crippen LogP contribution >= 0.6 is 11.6 Å². The molecule has 3 rings (SSSR count). The third-order valence-corrected chi connectivity index (χ3v) is 7.88. The Morgan fingerprint density at radius 2 is 1.55 bits per heavy atom. The topological polar surface area (TPSA) is 75.3 Å². The average molecular weight is 485 g/mol. The molecule has 0 spiro atoms. The number of sulfonamides is 1. The summed E-state index contributed by atoms with van der Waals surface area (Å²) < 4.78 is 28.8. The number of anilines is 1. The highest BCUT2D eigenvalue weighted by atomic mass is 35.5. The van der Waals surface area contributed by atoms with Crippen LogP contribution in [0.4, 0.5) is 5.69 Å². The van der Waals surface area contributed by atoms with E-state index in [0.29, 0.717) is 5.69 Å². The summed E-state index contributed by atoms with van der Waals surface area (Å²) in [4.78, 5) is 12.8. The van der Waals surface area contributed by atoms with Crippen LogP contribution in [0.2, 0.25) is 5.02 Å². The van der Waals surface area contributed by atoms with Gasteiger partial charge in [0.05, 0.1) is 16.8 Å². The highest BCUT2D eigenvalue weighted by Gasteiger charge is 2.22. The number of carbonyl (C=O) groups is 1. The number of halogens is 1. The monoisotopic (exact) mass is 484 g/mol. The SMILES string of the molecule is Cc1cc(C)c([C@@H](C)NC(=O)c2ccc(Cl)c(S(=O)(=O)Nc3cccc(C)c3C)c2)cc1C. The first-order valence-corrected chi connectivity index (χ1v) is 12.5. The molecule has 0 unspecified atom stereocenters. The zero-order valence-electron chi connectivity index (χ0n) is 19.7. The van der Waals surface area contributed by atoms with Crippen LogP contribution in [-0.2, 0) is 10.0 Å². The minimum absolute atomic E-state index is 0.0439. The molecule has 33 heavy (non-hydrogen) atoms. The number of amides is 1. The number of nitrogens with one attached hydrogen (secondary N) is 2. The first-order valence-electron chi connectivity index (χ1n) is 10.7. The van der Waals surface area contributed by atoms with Gasteiger partial charge in [-0.05, 0) is 99.2 Å². The second kappa shape index (κ2) is 9.57. The van der Waals surface area contributed by atoms with E-state index < -0.39 is 10.0 Å². The van der Waals surface area contributed by atoms with Crippen molar-refractivity contribution in [2.45, 2.75) is 52.5 Å². The summed E-state index contributed by atoms with van der Waals surface area (Å²) in [6.07, 6.45) is 0. The van der Waals surface area contributed by atoms with Crippen LogP contribution in [0, 0.1) is 34.6 Å². The Morgan fingerprint density at radius 1 is 0.879 bits per heavy atom. The standard InChI is InChI=1S/C26H29ClN2O3S/c1-15-8-7-9-24(19(15)5)29-33(31,32)25-14-21(10-11-23(25)27)26(30)28-20(6)22-13-17(3)16(2)12-18(22)4/h7-14,20,29H,1-6H3,(H,28,30)/t20-/m1/s1. The highest BCUT2D eigenvalue weighted by Crippen LogP contribution is 2.28. The van der Waals surface area contributed by atoms with Crippen molar-refractivity contribution in [2.24, 2.45) is 0 Å². The average Bonchev–Trinajstić information content (AvgIpc) is 2.74. The Morgan fingerprint density at radius 3 is 2.24 bits per heavy atom. The van der Waals surface area contributed by atoms with Crippen LogP contribution in [-0.4, -0.2) is 14.3 Å². The van der Waals surface area contributed by atoms with Crippen molar-refractivity contribution in [1.82, 2.24) is 5.32 Å². The molecule has 2 N–H and O–H groups in total. The Labute approximate surface area is 201 Å². The van der Waals surface area contributed by atoms with E-state index in [9.17, 15) is 13.2 Å². The molecule has 0 radical (unpaired) electrons. The lowest BCUT2D eigenvalue weighted by Crippen LogP contribution is -2.27. The van der Waals surface area contributed by atoms with Crippen molar-refractivity contribution >= 4 is 33.2 Å². The molecule has 3 aromatic rings. The van der Waals surface area contributed by atoms with Crippen LogP contribution in [0.5, 0.6) is 0 Å². The number of benzene rings is 3. The van der Waals surface area contributed by atoms with Crippen molar-refractivity contribution in [3.05, 3.63) is 92.5 Å². The lowest BCUT2D eigenvalue weighted by Gasteiger charge is -2.19. The molecule has 0 aromatic heterocycles. The first kappa shape index (κ1) is 24.8. The molecular weight excluding hydrogens is 456 g/mol. The van der Waals surface area contributed by atoms with E-state index in [0.717, 1.165) is 27.8 Å². The van der Waals surface area contributed by atoms with Gasteiger partial charge in [-0.25, -0.2) is 8.42 Å². The van der Waals surface area contributed by atoms with E-state index in [4.69, 9.17) is 11.6 Å². The van der Waals surface area contributed by atoms with Gasteiger partial charge in [0.15, 0.2) is 0 Å². The van der Waals surface area contributed by atoms with E-state index in [2.05, 4.69) is 29.1 Å². The Balaban J connectivity index is 1.88. The van der Waals surface area contributed by atoms with Gasteiger partial charge < -0.3 is 5.32 Å². The van der Waals surface area contributed by atoms with Crippen LogP contribution in [0.1, 0.15) is 56.7 Å². The second-order valence-electron chi connectivity index (χ2n) is 8.49. The van der Waals surface area contributed by atoms with E-state index in [1.807, 2.05) is 40.7 Å². The van der Waals surface area contributed by atoms with Gasteiger partial charge in [0, 0.05) is 5.56 Å². The number of carbonyl (C=O) groups excluding carboxylic acids is 1. The third-order valence-electron chi connectivity index (χ3n) is 6.03. The summed E-state index contributed by atoms with van der Waals surface area (Å²) in [7, 11) is -4.00. The van der Waals surface area contributed by atoms with Gasteiger partial charge in [-0.2, -0.15) is 0 Å². The molecule has 0 aliphatic heterocycles. The maximum Gasteiger partial charge on any atom is 0.263 e. The predicted molar refractivity (Wildman–Crippen MR) is 135 cm³/mol. The van der Waals surface area contributed by atoms with Gasteiger partial charge >= 0.3 is 0 Å². The molecular formula is C26H29ClN2O3S. The van der Waals surface area contributed by atoms with E-state index in [1.165, 1.54) is 23.8 Å². The zero-order chi connectivity index (χ0) is 24.5. The molecule has 0 fully saturated rings. The van der Waals surface area contributed by atoms with Crippen LogP contribution < -0.4 is 10.0 Å². The molecule has 174 valence electrons. The summed E-state index contributed by atoms with van der Waals surface area (Å²) in [6.45, 7) is 11.8. The largest absolute Gasteiger partial charge is 0.346 e. The number of aryl methyl sites for hydroxylation is 4. The summed E-state index contributed by atoms with van der Waals surface area (Å²) >= 11 is 6.23. The van der Waals surface area contributed by atoms with Gasteiger partial charge in [-0.3, -0.25) is 9.52 Å². The lowest BCUT2D eigenvalue weighted by molar-refractivity contribution is 0.0939. The molecule has 3 aromatic carbocycles. The molecule has 7 heteroatoms. The Hall–Kier alpha value is -2.83. The van der Waals surface area contributed by atoms with Crippen molar-refractivity contribution in [3.63, 3.8) is 0 Å². The maximum atomic E-state index is 13.1. The molecule has 0 saturated heterocycles. The zero-order valence-corrected chi connectivity index (χ0v) is 21.3. The molecule has 0 heterocycles. The quantitative estimate of drug-likeness (QED) is 0.439. The van der Waals surface area contributed by atoms with Gasteiger partial charge in [0.1, 0.15) is 4.90 Å². The fourth-order valence-corrected chi connectivity index (χ4v) is 5.37. The highest BCUT2D eigenvalue weighted by molar-refractivity contribution is 7.92. The first-order chi connectivity index (χ1) is 15.4. The van der Waals surface area contributed by atoms with Crippen molar-refractivity contribution in [3.8, 4) is 0 Å². The summed E-state index contributed by atoms with van der Waals surface area (Å²) in [6, 6.07) is 13.6. The molecule has 5 nitrogen and oxygen atoms in total. The van der Waals surface area contributed by atoms with Crippen molar-refractivity contribution in [1.29, 1.82) is 0 Å². The van der Waals surface area contributed by atoms with Crippen molar-refractivity contribution in [2.75, 3.05) is 4.72 Å². The van der Waals surface area contributed by atoms with Gasteiger partial charge in [0.25, 0.3) is 15.9 Å². The minimum atomic E-state index is -4.00. The minimum Gasteiger partial charge on any atom is -0.346 e. The molecule has 0 aliphatic rings. The van der Waals surface area contributed by atoms with Crippen LogP contribution in [0.15, 0.2) is 53.4 Å². The summed E-state index contributed by atoms with van der Waals surface area (Å²) in [5.41, 5.74) is 6.92. The van der Waals surface area contributed by atoms with Gasteiger partial charge in [-0.15, -0.1) is 0 Å². The van der Waals surface area contributed by atoms with E-state index in [-0.39, 0.29) is 27.4 Å². The molecule has 0 saturated carbocycles.